The third-order valence-corrected chi connectivity index (χ3v) is 6.42. The minimum atomic E-state index is -1.74. The van der Waals surface area contributed by atoms with E-state index in [-0.39, 0.29) is 40.5 Å². The molecular formula is C21H22ClFN10O2. The molecule has 1 aromatic carbocycles. The second kappa shape index (κ2) is 8.50. The summed E-state index contributed by atoms with van der Waals surface area (Å²) >= 11 is 6.32. The molecule has 12 nitrogen and oxygen atoms in total. The van der Waals surface area contributed by atoms with E-state index in [1.807, 2.05) is 0 Å². The Morgan fingerprint density at radius 3 is 2.83 bits per heavy atom. The molecule has 35 heavy (non-hydrogen) atoms. The SMILES string of the molecule is CC(Nc1ncnc(N)c1-c1nnn(C)n1)c1nc2cccc(Cl)c2c(=O)n1C1CC(F)(CO)C1. The molecule has 0 aliphatic heterocycles. The van der Waals surface area contributed by atoms with Gasteiger partial charge in [0, 0.05) is 18.9 Å². The zero-order chi connectivity index (χ0) is 24.9. The number of aryl methyl sites for hydroxylation is 1. The van der Waals surface area contributed by atoms with Crippen LogP contribution in [0, 0.1) is 0 Å². The van der Waals surface area contributed by atoms with Crippen molar-refractivity contribution in [2.45, 2.75) is 37.5 Å². The normalized spacial score (nSPS) is 20.5. The summed E-state index contributed by atoms with van der Waals surface area (Å²) in [5.74, 6) is 1.03. The molecule has 0 bridgehead atoms. The highest BCUT2D eigenvalue weighted by molar-refractivity contribution is 6.35. The second-order valence-electron chi connectivity index (χ2n) is 8.60. The van der Waals surface area contributed by atoms with Crippen molar-refractivity contribution in [3.63, 3.8) is 0 Å². The summed E-state index contributed by atoms with van der Waals surface area (Å²) in [5.41, 5.74) is 4.72. The van der Waals surface area contributed by atoms with Crippen LogP contribution in [-0.4, -0.2) is 57.1 Å². The Hall–Kier alpha value is -3.71. The summed E-state index contributed by atoms with van der Waals surface area (Å²) in [6.07, 6.45) is 1.25. The van der Waals surface area contributed by atoms with E-state index in [4.69, 9.17) is 22.3 Å². The van der Waals surface area contributed by atoms with Crippen LogP contribution in [0.4, 0.5) is 16.0 Å². The number of nitrogens with zero attached hydrogens (tertiary/aromatic N) is 8. The first-order chi connectivity index (χ1) is 16.7. The number of rotatable bonds is 6. The standard InChI is InChI=1S/C21H22ClFN10O2/c1-10(27-17-15(16(24)25-9-26-17)18-29-31-32(2)30-18)19-28-13-5-3-4-12(22)14(13)20(35)33(19)11-6-21(23,7-11)8-34/h3-5,9-11,34H,6-8H2,1-2H3,(H3,24,25,26,27). The van der Waals surface area contributed by atoms with Gasteiger partial charge in [0.05, 0.1) is 35.6 Å². The lowest BCUT2D eigenvalue weighted by Gasteiger charge is -2.42. The Kier molecular flexibility index (Phi) is 5.60. The number of tetrazole rings is 1. The van der Waals surface area contributed by atoms with Crippen LogP contribution in [0.15, 0.2) is 29.3 Å². The molecule has 3 heterocycles. The highest BCUT2D eigenvalue weighted by Gasteiger charge is 2.46. The maximum atomic E-state index is 14.6. The summed E-state index contributed by atoms with van der Waals surface area (Å²) < 4.78 is 16.0. The number of anilines is 2. The number of aliphatic hydroxyl groups excluding tert-OH is 1. The van der Waals surface area contributed by atoms with Crippen molar-refractivity contribution in [3.05, 3.63) is 45.7 Å². The smallest absolute Gasteiger partial charge is 0.263 e. The molecule has 1 aliphatic rings. The average molecular weight is 501 g/mol. The first-order valence-corrected chi connectivity index (χ1v) is 11.2. The molecule has 182 valence electrons. The Balaban J connectivity index is 1.61. The average Bonchev–Trinajstić information content (AvgIpc) is 3.22. The molecule has 5 rings (SSSR count). The van der Waals surface area contributed by atoms with Crippen molar-refractivity contribution in [3.8, 4) is 11.4 Å². The van der Waals surface area contributed by atoms with Gasteiger partial charge in [-0.25, -0.2) is 19.3 Å². The zero-order valence-corrected chi connectivity index (χ0v) is 19.6. The van der Waals surface area contributed by atoms with E-state index in [1.54, 1.807) is 32.2 Å². The van der Waals surface area contributed by atoms with Crippen LogP contribution >= 0.6 is 11.6 Å². The largest absolute Gasteiger partial charge is 0.393 e. The van der Waals surface area contributed by atoms with Crippen LogP contribution in [0.2, 0.25) is 5.02 Å². The monoisotopic (exact) mass is 500 g/mol. The fraction of sp³-hybridized carbons (Fsp3) is 0.381. The highest BCUT2D eigenvalue weighted by Crippen LogP contribution is 2.44. The summed E-state index contributed by atoms with van der Waals surface area (Å²) in [4.78, 5) is 27.9. The fourth-order valence-corrected chi connectivity index (χ4v) is 4.61. The molecular weight excluding hydrogens is 479 g/mol. The van der Waals surface area contributed by atoms with Crippen LogP contribution in [0.3, 0.4) is 0 Å². The number of aromatic nitrogens is 8. The van der Waals surface area contributed by atoms with Gasteiger partial charge < -0.3 is 16.2 Å². The van der Waals surface area contributed by atoms with E-state index >= 15 is 0 Å². The molecule has 3 aromatic heterocycles. The van der Waals surface area contributed by atoms with Gasteiger partial charge in [0.25, 0.3) is 5.56 Å². The third-order valence-electron chi connectivity index (χ3n) is 6.11. The van der Waals surface area contributed by atoms with Crippen molar-refractivity contribution < 1.29 is 9.50 Å². The van der Waals surface area contributed by atoms with Crippen molar-refractivity contribution in [2.24, 2.45) is 7.05 Å². The quantitative estimate of drug-likeness (QED) is 0.356. The lowest BCUT2D eigenvalue weighted by Crippen LogP contribution is -2.48. The number of aliphatic hydroxyl groups is 1. The van der Waals surface area contributed by atoms with Gasteiger partial charge in [0.2, 0.25) is 5.82 Å². The van der Waals surface area contributed by atoms with Crippen molar-refractivity contribution >= 4 is 34.1 Å². The lowest BCUT2D eigenvalue weighted by atomic mass is 9.77. The summed E-state index contributed by atoms with van der Waals surface area (Å²) in [7, 11) is 1.62. The van der Waals surface area contributed by atoms with Crippen LogP contribution in [-0.2, 0) is 7.05 Å². The number of alkyl halides is 1. The van der Waals surface area contributed by atoms with Crippen molar-refractivity contribution in [1.29, 1.82) is 0 Å². The Morgan fingerprint density at radius 2 is 2.14 bits per heavy atom. The molecule has 1 saturated carbocycles. The van der Waals surface area contributed by atoms with E-state index in [1.165, 1.54) is 15.7 Å². The van der Waals surface area contributed by atoms with Crippen LogP contribution in [0.25, 0.3) is 22.3 Å². The van der Waals surface area contributed by atoms with E-state index < -0.39 is 24.4 Å². The van der Waals surface area contributed by atoms with Crippen LogP contribution < -0.4 is 16.6 Å². The Morgan fingerprint density at radius 1 is 1.37 bits per heavy atom. The van der Waals surface area contributed by atoms with E-state index in [0.717, 1.165) is 0 Å². The highest BCUT2D eigenvalue weighted by atomic mass is 35.5. The molecule has 4 N–H and O–H groups in total. The number of halogens is 2. The first kappa shape index (κ1) is 23.1. The molecule has 0 amide bonds. The van der Waals surface area contributed by atoms with Gasteiger partial charge in [-0.1, -0.05) is 17.7 Å². The third kappa shape index (κ3) is 3.96. The zero-order valence-electron chi connectivity index (χ0n) is 18.9. The van der Waals surface area contributed by atoms with Gasteiger partial charge >= 0.3 is 0 Å². The van der Waals surface area contributed by atoms with Gasteiger partial charge in [-0.2, -0.15) is 4.80 Å². The van der Waals surface area contributed by atoms with Crippen molar-refractivity contribution in [2.75, 3.05) is 17.7 Å². The van der Waals surface area contributed by atoms with Crippen LogP contribution in [0.5, 0.6) is 0 Å². The maximum Gasteiger partial charge on any atom is 0.263 e. The molecule has 1 atom stereocenters. The van der Waals surface area contributed by atoms with Gasteiger partial charge in [-0.3, -0.25) is 9.36 Å². The molecule has 0 radical (unpaired) electrons. The number of fused-ring (bicyclic) bond motifs is 1. The summed E-state index contributed by atoms with van der Waals surface area (Å²) in [6, 6.07) is 3.92. The topological polar surface area (TPSA) is 163 Å². The summed E-state index contributed by atoms with van der Waals surface area (Å²) in [6.45, 7) is 1.17. The molecule has 0 spiro atoms. The van der Waals surface area contributed by atoms with Gasteiger partial charge in [0.15, 0.2) is 0 Å². The molecule has 4 aromatic rings. The number of benzene rings is 1. The molecule has 14 heteroatoms. The van der Waals surface area contributed by atoms with Crippen LogP contribution in [0.1, 0.15) is 37.7 Å². The van der Waals surface area contributed by atoms with Crippen molar-refractivity contribution in [1.82, 2.24) is 39.7 Å². The fourth-order valence-electron chi connectivity index (χ4n) is 4.36. The summed E-state index contributed by atoms with van der Waals surface area (Å²) in [5, 5.41) is 25.1. The number of nitrogens with one attached hydrogen (secondary N) is 1. The molecule has 0 saturated heterocycles. The minimum absolute atomic E-state index is 0.0179. The first-order valence-electron chi connectivity index (χ1n) is 10.8. The van der Waals surface area contributed by atoms with E-state index in [9.17, 15) is 14.3 Å². The minimum Gasteiger partial charge on any atom is -0.393 e. The Labute approximate surface area is 203 Å². The maximum absolute atomic E-state index is 14.6. The van der Waals surface area contributed by atoms with E-state index in [2.05, 4.69) is 30.7 Å². The Bertz CT molecular complexity index is 1480. The number of nitrogen functional groups attached to an aromatic ring is 1. The molecule has 1 aliphatic carbocycles. The van der Waals surface area contributed by atoms with Gasteiger partial charge in [-0.05, 0) is 24.3 Å². The van der Waals surface area contributed by atoms with E-state index in [0.29, 0.717) is 22.7 Å². The second-order valence-corrected chi connectivity index (χ2v) is 9.01. The lowest BCUT2D eigenvalue weighted by molar-refractivity contribution is -0.0353. The predicted octanol–water partition coefficient (Wildman–Crippen LogP) is 1.82. The number of nitrogens with two attached hydrogens (primary N) is 1. The number of hydrogen-bond donors (Lipinski definition) is 3. The van der Waals surface area contributed by atoms with Gasteiger partial charge in [0.1, 0.15) is 35.0 Å². The number of hydrogen-bond acceptors (Lipinski definition) is 10. The molecule has 1 fully saturated rings. The molecule has 1 unspecified atom stereocenters. The van der Waals surface area contributed by atoms with Gasteiger partial charge in [-0.15, -0.1) is 10.2 Å². The predicted molar refractivity (Wildman–Crippen MR) is 126 cm³/mol.